The molecule has 0 fully saturated rings. The van der Waals surface area contributed by atoms with Crippen LogP contribution in [0.25, 0.3) is 12.2 Å². The summed E-state index contributed by atoms with van der Waals surface area (Å²) in [7, 11) is 0. The number of nitrogens with one attached hydrogen (secondary N) is 1. The number of amides is 1. The lowest BCUT2D eigenvalue weighted by Crippen LogP contribution is -2.16. The molecule has 0 saturated carbocycles. The lowest BCUT2D eigenvalue weighted by molar-refractivity contribution is 0.102. The molecule has 0 unspecified atom stereocenters. The van der Waals surface area contributed by atoms with E-state index in [9.17, 15) is 4.79 Å². The summed E-state index contributed by atoms with van der Waals surface area (Å²) >= 11 is 1.21. The van der Waals surface area contributed by atoms with Crippen molar-refractivity contribution >= 4 is 40.3 Å². The number of aromatic nitrogens is 4. The third kappa shape index (κ3) is 3.15. The molecule has 9 heteroatoms. The molecule has 3 N–H and O–H groups in total. The van der Waals surface area contributed by atoms with Crippen molar-refractivity contribution in [2.75, 3.05) is 11.1 Å². The molecule has 0 saturated heterocycles. The summed E-state index contributed by atoms with van der Waals surface area (Å²) in [5.74, 6) is 0.277. The van der Waals surface area contributed by atoms with Crippen LogP contribution in [0.15, 0.2) is 35.2 Å². The van der Waals surface area contributed by atoms with Crippen LogP contribution >= 0.6 is 11.3 Å². The van der Waals surface area contributed by atoms with Crippen LogP contribution in [-0.4, -0.2) is 26.1 Å². The highest BCUT2D eigenvalue weighted by Gasteiger charge is 2.14. The summed E-state index contributed by atoms with van der Waals surface area (Å²) in [4.78, 5) is 19.7. The number of nitrogens with two attached hydrogens (primary N) is 1. The minimum atomic E-state index is -0.483. The Morgan fingerprint density at radius 1 is 1.27 bits per heavy atom. The van der Waals surface area contributed by atoms with Gasteiger partial charge in [-0.05, 0) is 24.3 Å². The van der Waals surface area contributed by atoms with Crippen molar-refractivity contribution in [3.8, 4) is 0 Å². The van der Waals surface area contributed by atoms with Crippen LogP contribution in [0.2, 0.25) is 0 Å². The van der Waals surface area contributed by atoms with Crippen molar-refractivity contribution in [1.29, 1.82) is 0 Å². The van der Waals surface area contributed by atoms with Gasteiger partial charge in [0, 0.05) is 12.4 Å². The van der Waals surface area contributed by atoms with Crippen molar-refractivity contribution in [2.45, 2.75) is 0 Å². The average molecular weight is 314 g/mol. The van der Waals surface area contributed by atoms with E-state index in [-0.39, 0.29) is 11.5 Å². The molecule has 3 rings (SSSR count). The van der Waals surface area contributed by atoms with Gasteiger partial charge in [0.2, 0.25) is 5.13 Å². The summed E-state index contributed by atoms with van der Waals surface area (Å²) < 4.78 is 5.17. The maximum atomic E-state index is 12.0. The van der Waals surface area contributed by atoms with Crippen LogP contribution in [0, 0.1) is 0 Å². The minimum absolute atomic E-state index is 0.0466. The van der Waals surface area contributed by atoms with E-state index in [0.29, 0.717) is 15.9 Å². The molecule has 0 radical (unpaired) electrons. The van der Waals surface area contributed by atoms with Gasteiger partial charge >= 0.3 is 0 Å². The first kappa shape index (κ1) is 13.9. The molecule has 0 aliphatic rings. The number of nitrogen functional groups attached to an aromatic ring is 1. The SMILES string of the molecule is Nc1nccnc1C(=O)Nc1nnc(C=Cc2ccco2)s1. The average Bonchev–Trinajstić information content (AvgIpc) is 3.17. The van der Waals surface area contributed by atoms with Gasteiger partial charge in [0.1, 0.15) is 10.8 Å². The van der Waals surface area contributed by atoms with Gasteiger partial charge in [-0.3, -0.25) is 10.1 Å². The zero-order valence-electron chi connectivity index (χ0n) is 11.1. The van der Waals surface area contributed by atoms with E-state index >= 15 is 0 Å². The Morgan fingerprint density at radius 2 is 2.14 bits per heavy atom. The van der Waals surface area contributed by atoms with Gasteiger partial charge in [-0.2, -0.15) is 0 Å². The van der Waals surface area contributed by atoms with E-state index in [1.54, 1.807) is 24.5 Å². The van der Waals surface area contributed by atoms with E-state index < -0.39 is 5.91 Å². The van der Waals surface area contributed by atoms with Crippen molar-refractivity contribution in [2.24, 2.45) is 0 Å². The molecule has 0 aliphatic heterocycles. The van der Waals surface area contributed by atoms with Gasteiger partial charge < -0.3 is 10.2 Å². The van der Waals surface area contributed by atoms with E-state index in [1.807, 2.05) is 6.07 Å². The summed E-state index contributed by atoms with van der Waals surface area (Å²) in [6, 6.07) is 3.60. The monoisotopic (exact) mass is 314 g/mol. The Labute approximate surface area is 128 Å². The van der Waals surface area contributed by atoms with Gasteiger partial charge in [-0.25, -0.2) is 9.97 Å². The van der Waals surface area contributed by atoms with Gasteiger partial charge in [0.15, 0.2) is 11.5 Å². The normalized spacial score (nSPS) is 10.9. The first-order valence-corrected chi connectivity index (χ1v) is 6.97. The van der Waals surface area contributed by atoms with Crippen molar-refractivity contribution in [3.63, 3.8) is 0 Å². The van der Waals surface area contributed by atoms with E-state index in [4.69, 9.17) is 10.2 Å². The predicted molar refractivity (Wildman–Crippen MR) is 81.9 cm³/mol. The Hall–Kier alpha value is -3.07. The fraction of sp³-hybridized carbons (Fsp3) is 0. The van der Waals surface area contributed by atoms with Gasteiger partial charge in [0.25, 0.3) is 5.91 Å². The smallest absolute Gasteiger partial charge is 0.279 e. The predicted octanol–water partition coefficient (Wildman–Crippen LogP) is 1.93. The van der Waals surface area contributed by atoms with Crippen molar-refractivity contribution < 1.29 is 9.21 Å². The van der Waals surface area contributed by atoms with E-state index in [2.05, 4.69) is 25.5 Å². The lowest BCUT2D eigenvalue weighted by Gasteiger charge is -2.01. The quantitative estimate of drug-likeness (QED) is 0.754. The first-order chi connectivity index (χ1) is 10.7. The van der Waals surface area contributed by atoms with Crippen LogP contribution in [0.5, 0.6) is 0 Å². The maximum Gasteiger partial charge on any atom is 0.279 e. The Morgan fingerprint density at radius 3 is 2.91 bits per heavy atom. The molecule has 0 spiro atoms. The highest BCUT2D eigenvalue weighted by atomic mass is 32.1. The molecule has 0 aliphatic carbocycles. The Balaban J connectivity index is 1.69. The molecule has 1 amide bonds. The molecule has 0 atom stereocenters. The molecule has 0 bridgehead atoms. The third-order valence-corrected chi connectivity index (χ3v) is 3.34. The number of anilines is 2. The van der Waals surface area contributed by atoms with Crippen molar-refractivity contribution in [3.05, 3.63) is 47.3 Å². The fourth-order valence-corrected chi connectivity index (χ4v) is 2.21. The third-order valence-electron chi connectivity index (χ3n) is 2.54. The molecule has 3 aromatic rings. The maximum absolute atomic E-state index is 12.0. The minimum Gasteiger partial charge on any atom is -0.465 e. The molecular formula is C13H10N6O2S. The highest BCUT2D eigenvalue weighted by Crippen LogP contribution is 2.19. The van der Waals surface area contributed by atoms with Crippen LogP contribution in [0.1, 0.15) is 21.3 Å². The molecule has 3 heterocycles. The van der Waals surface area contributed by atoms with Crippen molar-refractivity contribution in [1.82, 2.24) is 20.2 Å². The zero-order chi connectivity index (χ0) is 15.4. The Kier molecular flexibility index (Phi) is 3.88. The molecular weight excluding hydrogens is 304 g/mol. The number of hydrogen-bond acceptors (Lipinski definition) is 8. The number of carbonyl (C=O) groups is 1. The molecule has 110 valence electrons. The second kappa shape index (κ2) is 6.14. The van der Waals surface area contributed by atoms with Crippen LogP contribution < -0.4 is 11.1 Å². The summed E-state index contributed by atoms with van der Waals surface area (Å²) in [5, 5.41) is 11.4. The Bertz CT molecular complexity index is 812. The molecule has 3 aromatic heterocycles. The number of rotatable bonds is 4. The second-order valence-electron chi connectivity index (χ2n) is 4.04. The molecule has 22 heavy (non-hydrogen) atoms. The second-order valence-corrected chi connectivity index (χ2v) is 5.05. The summed E-state index contributed by atoms with van der Waals surface area (Å²) in [6.07, 6.45) is 7.88. The molecule has 0 aromatic carbocycles. The number of hydrogen-bond donors (Lipinski definition) is 2. The first-order valence-electron chi connectivity index (χ1n) is 6.15. The number of nitrogens with zero attached hydrogens (tertiary/aromatic N) is 4. The standard InChI is InChI=1S/C13H10N6O2S/c14-11-10(15-5-6-16-11)12(20)17-13-19-18-9(22-13)4-3-8-2-1-7-21-8/h1-7H,(H2,14,16)(H,17,19,20). The number of furan rings is 1. The summed E-state index contributed by atoms with van der Waals surface area (Å²) in [5.41, 5.74) is 5.64. The highest BCUT2D eigenvalue weighted by molar-refractivity contribution is 7.16. The summed E-state index contributed by atoms with van der Waals surface area (Å²) in [6.45, 7) is 0. The fourth-order valence-electron chi connectivity index (χ4n) is 1.57. The van der Waals surface area contributed by atoms with E-state index in [0.717, 1.165) is 0 Å². The van der Waals surface area contributed by atoms with Gasteiger partial charge in [0.05, 0.1) is 6.26 Å². The topological polar surface area (TPSA) is 120 Å². The van der Waals surface area contributed by atoms with Gasteiger partial charge in [-0.15, -0.1) is 10.2 Å². The zero-order valence-corrected chi connectivity index (χ0v) is 11.9. The van der Waals surface area contributed by atoms with Crippen LogP contribution in [0.3, 0.4) is 0 Å². The largest absolute Gasteiger partial charge is 0.465 e. The lowest BCUT2D eigenvalue weighted by atomic mass is 10.4. The van der Waals surface area contributed by atoms with Gasteiger partial charge in [-0.1, -0.05) is 11.3 Å². The van der Waals surface area contributed by atoms with E-state index in [1.165, 1.54) is 23.7 Å². The molecule has 8 nitrogen and oxygen atoms in total. The van der Waals surface area contributed by atoms with Crippen LogP contribution in [0.4, 0.5) is 10.9 Å². The van der Waals surface area contributed by atoms with Crippen LogP contribution in [-0.2, 0) is 0 Å². The number of carbonyl (C=O) groups excluding carboxylic acids is 1.